The number of hydrogen-bond donors (Lipinski definition) is 3. The summed E-state index contributed by atoms with van der Waals surface area (Å²) in [5.41, 5.74) is 2.40. The molecule has 2 atom stereocenters. The number of aliphatic hydroxyl groups is 1. The Bertz CT molecular complexity index is 459. The molecule has 2 heterocycles. The largest absolute Gasteiger partial charge is 0.394 e. The van der Waals surface area contributed by atoms with E-state index in [2.05, 4.69) is 15.5 Å². The highest BCUT2D eigenvalue weighted by atomic mass is 16.3. The van der Waals surface area contributed by atoms with Crippen LogP contribution in [0.1, 0.15) is 30.5 Å². The van der Waals surface area contributed by atoms with E-state index in [9.17, 15) is 9.90 Å². The van der Waals surface area contributed by atoms with E-state index in [0.717, 1.165) is 38.6 Å². The first-order valence-electron chi connectivity index (χ1n) is 6.97. The number of fused-ring (bicyclic) bond motifs is 1. The molecule has 2 amide bonds. The molecule has 1 unspecified atom stereocenters. The number of likely N-dealkylation sites (tertiary alicyclic amines) is 1. The van der Waals surface area contributed by atoms with Crippen LogP contribution in [-0.2, 0) is 12.8 Å². The molecule has 0 spiro atoms. The van der Waals surface area contributed by atoms with Gasteiger partial charge in [0.05, 0.1) is 18.8 Å². The number of nitrogens with zero attached hydrogens (tertiary/aromatic N) is 2. The quantitative estimate of drug-likeness (QED) is 0.724. The van der Waals surface area contributed by atoms with Crippen LogP contribution in [0.4, 0.5) is 4.79 Å². The van der Waals surface area contributed by atoms with Gasteiger partial charge < -0.3 is 15.3 Å². The van der Waals surface area contributed by atoms with Crippen molar-refractivity contribution in [2.45, 2.75) is 44.2 Å². The fourth-order valence-corrected chi connectivity index (χ4v) is 3.09. The zero-order chi connectivity index (χ0) is 13.2. The first kappa shape index (κ1) is 12.5. The number of carbonyl (C=O) groups is 1. The average Bonchev–Trinajstić information content (AvgIpc) is 3.06. The van der Waals surface area contributed by atoms with Crippen LogP contribution in [0.15, 0.2) is 6.20 Å². The Kier molecular flexibility index (Phi) is 3.42. The van der Waals surface area contributed by atoms with Crippen molar-refractivity contribution < 1.29 is 9.90 Å². The smallest absolute Gasteiger partial charge is 0.317 e. The van der Waals surface area contributed by atoms with Gasteiger partial charge in [0, 0.05) is 18.3 Å². The summed E-state index contributed by atoms with van der Waals surface area (Å²) in [5.74, 6) is 0. The van der Waals surface area contributed by atoms with Crippen molar-refractivity contribution in [2.24, 2.45) is 0 Å². The summed E-state index contributed by atoms with van der Waals surface area (Å²) in [4.78, 5) is 14.0. The predicted molar refractivity (Wildman–Crippen MR) is 69.7 cm³/mol. The van der Waals surface area contributed by atoms with Crippen LogP contribution in [0, 0.1) is 0 Å². The number of rotatable bonds is 2. The Morgan fingerprint density at radius 1 is 1.58 bits per heavy atom. The first-order chi connectivity index (χ1) is 9.28. The molecule has 104 valence electrons. The van der Waals surface area contributed by atoms with Crippen molar-refractivity contribution in [2.75, 3.05) is 13.2 Å². The topological polar surface area (TPSA) is 81.2 Å². The number of aliphatic hydroxyl groups excluding tert-OH is 1. The van der Waals surface area contributed by atoms with Gasteiger partial charge in [-0.1, -0.05) is 0 Å². The average molecular weight is 264 g/mol. The third kappa shape index (κ3) is 2.45. The minimum absolute atomic E-state index is 0.00641. The van der Waals surface area contributed by atoms with E-state index in [1.54, 1.807) is 4.90 Å². The lowest BCUT2D eigenvalue weighted by atomic mass is 9.94. The lowest BCUT2D eigenvalue weighted by Gasteiger charge is -2.28. The maximum Gasteiger partial charge on any atom is 0.317 e. The van der Waals surface area contributed by atoms with Gasteiger partial charge in [0.15, 0.2) is 0 Å². The van der Waals surface area contributed by atoms with Gasteiger partial charge in [-0.3, -0.25) is 5.10 Å². The molecule has 2 aliphatic rings. The summed E-state index contributed by atoms with van der Waals surface area (Å²) in [7, 11) is 0. The molecule has 1 aliphatic heterocycles. The van der Waals surface area contributed by atoms with Gasteiger partial charge >= 0.3 is 6.03 Å². The Balaban J connectivity index is 1.59. The normalized spacial score (nSPS) is 26.3. The van der Waals surface area contributed by atoms with Crippen molar-refractivity contribution in [3.63, 3.8) is 0 Å². The zero-order valence-electron chi connectivity index (χ0n) is 10.9. The maximum absolute atomic E-state index is 12.2. The first-order valence-corrected chi connectivity index (χ1v) is 6.97. The summed E-state index contributed by atoms with van der Waals surface area (Å²) in [6.07, 6.45) is 6.45. The number of nitrogens with one attached hydrogen (secondary N) is 2. The molecule has 1 aliphatic carbocycles. The molecule has 6 nitrogen and oxygen atoms in total. The SMILES string of the molecule is O=C(NC1CCc2[nH]ncc2C1)N1CCC[C@@H]1CO. The minimum atomic E-state index is -0.0338. The van der Waals surface area contributed by atoms with Gasteiger partial charge in [0.25, 0.3) is 0 Å². The molecule has 6 heteroatoms. The third-order valence-electron chi connectivity index (χ3n) is 4.19. The number of urea groups is 1. The molecule has 0 radical (unpaired) electrons. The molecule has 0 saturated carbocycles. The molecular formula is C13H20N4O2. The van der Waals surface area contributed by atoms with Gasteiger partial charge in [0.1, 0.15) is 0 Å². The summed E-state index contributed by atoms with van der Waals surface area (Å²) in [5, 5.41) is 19.4. The lowest BCUT2D eigenvalue weighted by Crippen LogP contribution is -2.49. The second-order valence-corrected chi connectivity index (χ2v) is 5.44. The number of hydrogen-bond acceptors (Lipinski definition) is 3. The van der Waals surface area contributed by atoms with E-state index in [1.807, 2.05) is 6.20 Å². The van der Waals surface area contributed by atoms with Gasteiger partial charge in [-0.15, -0.1) is 0 Å². The predicted octanol–water partition coefficient (Wildman–Crippen LogP) is 0.433. The zero-order valence-corrected chi connectivity index (χ0v) is 10.9. The van der Waals surface area contributed by atoms with Crippen molar-refractivity contribution >= 4 is 6.03 Å². The van der Waals surface area contributed by atoms with Crippen molar-refractivity contribution in [1.82, 2.24) is 20.4 Å². The molecule has 0 bridgehead atoms. The summed E-state index contributed by atoms with van der Waals surface area (Å²) >= 11 is 0. The Morgan fingerprint density at radius 3 is 3.32 bits per heavy atom. The van der Waals surface area contributed by atoms with Gasteiger partial charge in [-0.2, -0.15) is 5.10 Å². The van der Waals surface area contributed by atoms with Gasteiger partial charge in [-0.25, -0.2) is 4.79 Å². The van der Waals surface area contributed by atoms with Crippen LogP contribution in [0.25, 0.3) is 0 Å². The standard InChI is InChI=1S/C13H20N4O2/c18-8-11-2-1-5-17(11)13(19)15-10-3-4-12-9(6-10)7-14-16-12/h7,10-11,18H,1-6,8H2,(H,14,16)(H,15,19)/t10?,11-/m1/s1. The maximum atomic E-state index is 12.2. The summed E-state index contributed by atoms with van der Waals surface area (Å²) < 4.78 is 0. The molecule has 1 aromatic rings. The lowest BCUT2D eigenvalue weighted by molar-refractivity contribution is 0.154. The monoisotopic (exact) mass is 264 g/mol. The van der Waals surface area contributed by atoms with Crippen molar-refractivity contribution in [3.05, 3.63) is 17.5 Å². The van der Waals surface area contributed by atoms with E-state index < -0.39 is 0 Å². The Labute approximate surface area is 112 Å². The highest BCUT2D eigenvalue weighted by Crippen LogP contribution is 2.20. The van der Waals surface area contributed by atoms with Crippen molar-refractivity contribution in [3.8, 4) is 0 Å². The van der Waals surface area contributed by atoms with E-state index in [1.165, 1.54) is 11.3 Å². The number of carbonyl (C=O) groups excluding carboxylic acids is 1. The molecule has 1 aromatic heterocycles. The molecule has 0 aromatic carbocycles. The molecule has 1 saturated heterocycles. The number of aryl methyl sites for hydroxylation is 1. The number of H-pyrrole nitrogens is 1. The molecule has 3 rings (SSSR count). The van der Waals surface area contributed by atoms with E-state index in [0.29, 0.717) is 0 Å². The van der Waals surface area contributed by atoms with Gasteiger partial charge in [-0.05, 0) is 37.7 Å². The Morgan fingerprint density at radius 2 is 2.47 bits per heavy atom. The summed E-state index contributed by atoms with van der Waals surface area (Å²) in [6, 6.07) is 0.138. The molecule has 1 fully saturated rings. The molecule has 19 heavy (non-hydrogen) atoms. The van der Waals surface area contributed by atoms with E-state index >= 15 is 0 Å². The fourth-order valence-electron chi connectivity index (χ4n) is 3.09. The highest BCUT2D eigenvalue weighted by molar-refractivity contribution is 5.75. The second-order valence-electron chi connectivity index (χ2n) is 5.44. The minimum Gasteiger partial charge on any atom is -0.394 e. The Hall–Kier alpha value is -1.56. The second kappa shape index (κ2) is 5.21. The fraction of sp³-hybridized carbons (Fsp3) is 0.692. The van der Waals surface area contributed by atoms with Crippen LogP contribution in [0.5, 0.6) is 0 Å². The van der Waals surface area contributed by atoms with Crippen LogP contribution in [0.2, 0.25) is 0 Å². The molecule has 3 N–H and O–H groups in total. The summed E-state index contributed by atoms with van der Waals surface area (Å²) in [6.45, 7) is 0.810. The highest BCUT2D eigenvalue weighted by Gasteiger charge is 2.30. The number of aromatic nitrogens is 2. The third-order valence-corrected chi connectivity index (χ3v) is 4.19. The van der Waals surface area contributed by atoms with Crippen LogP contribution >= 0.6 is 0 Å². The van der Waals surface area contributed by atoms with E-state index in [4.69, 9.17) is 0 Å². The van der Waals surface area contributed by atoms with E-state index in [-0.39, 0.29) is 24.7 Å². The van der Waals surface area contributed by atoms with Crippen molar-refractivity contribution in [1.29, 1.82) is 0 Å². The van der Waals surface area contributed by atoms with Crippen LogP contribution in [-0.4, -0.2) is 51.5 Å². The number of amides is 2. The number of aromatic amines is 1. The molecular weight excluding hydrogens is 244 g/mol. The van der Waals surface area contributed by atoms with Crippen LogP contribution < -0.4 is 5.32 Å². The van der Waals surface area contributed by atoms with Gasteiger partial charge in [0.2, 0.25) is 0 Å². The van der Waals surface area contributed by atoms with Crippen LogP contribution in [0.3, 0.4) is 0 Å².